The van der Waals surface area contributed by atoms with Crippen LogP contribution in [-0.4, -0.2) is 6.98 Å². The van der Waals surface area contributed by atoms with Crippen molar-refractivity contribution >= 4 is 29.5 Å². The van der Waals surface area contributed by atoms with Crippen molar-refractivity contribution in [1.29, 1.82) is 0 Å². The average molecular weight is 268 g/mol. The van der Waals surface area contributed by atoms with Gasteiger partial charge in [0, 0.05) is 16.9 Å². The molecular weight excluding hydrogens is 255 g/mol. The Labute approximate surface area is 124 Å². The van der Waals surface area contributed by atoms with Crippen molar-refractivity contribution < 1.29 is 0 Å². The van der Waals surface area contributed by atoms with E-state index in [9.17, 15) is 0 Å². The van der Waals surface area contributed by atoms with Crippen LogP contribution in [0.15, 0.2) is 72.8 Å². The number of nitrogens with zero attached hydrogens (tertiary/aromatic N) is 1. The minimum absolute atomic E-state index is 0.188. The summed E-state index contributed by atoms with van der Waals surface area (Å²) in [5, 5.41) is 3.66. The highest BCUT2D eigenvalue weighted by Gasteiger charge is 2.41. The van der Waals surface area contributed by atoms with Crippen LogP contribution in [0.3, 0.4) is 0 Å². The lowest BCUT2D eigenvalue weighted by atomic mass is 9.61. The topological polar surface area (TPSA) is 15.3 Å². The van der Waals surface area contributed by atoms with Crippen LogP contribution in [0.2, 0.25) is 0 Å². The maximum Gasteiger partial charge on any atom is 0.414 e. The molecule has 2 aliphatic rings. The molecule has 2 aliphatic heterocycles. The lowest BCUT2D eigenvalue weighted by Crippen LogP contribution is -2.51. The molecule has 0 unspecified atom stereocenters. The summed E-state index contributed by atoms with van der Waals surface area (Å²) < 4.78 is 0. The van der Waals surface area contributed by atoms with E-state index in [0.29, 0.717) is 0 Å². The standard InChI is InChI=1S/C18H13BN2/c1-3-9-15-13(7-1)14-8-2-5-11-17(14)21-18-12-6-4-10-16(18)20-19(15)21/h1-12,20H. The summed E-state index contributed by atoms with van der Waals surface area (Å²) in [6.07, 6.45) is 0. The molecule has 0 bridgehead atoms. The first-order valence-electron chi connectivity index (χ1n) is 7.26. The van der Waals surface area contributed by atoms with Gasteiger partial charge in [0.2, 0.25) is 0 Å². The molecule has 0 saturated carbocycles. The first-order valence-corrected chi connectivity index (χ1v) is 7.26. The van der Waals surface area contributed by atoms with Crippen molar-refractivity contribution in [2.24, 2.45) is 0 Å². The zero-order valence-electron chi connectivity index (χ0n) is 11.5. The largest absolute Gasteiger partial charge is 0.414 e. The molecule has 0 amide bonds. The Balaban J connectivity index is 1.85. The van der Waals surface area contributed by atoms with Crippen molar-refractivity contribution in [2.45, 2.75) is 0 Å². The van der Waals surface area contributed by atoms with Crippen molar-refractivity contribution in [3.05, 3.63) is 72.8 Å². The van der Waals surface area contributed by atoms with Crippen molar-refractivity contribution in [1.82, 2.24) is 0 Å². The van der Waals surface area contributed by atoms with Gasteiger partial charge in [-0.1, -0.05) is 54.6 Å². The third-order valence-corrected chi connectivity index (χ3v) is 4.42. The summed E-state index contributed by atoms with van der Waals surface area (Å²) >= 11 is 0. The van der Waals surface area contributed by atoms with E-state index in [1.807, 2.05) is 0 Å². The average Bonchev–Trinajstić information content (AvgIpc) is 2.95. The zero-order chi connectivity index (χ0) is 13.8. The Morgan fingerprint density at radius 3 is 2.24 bits per heavy atom. The Bertz CT molecular complexity index is 859. The van der Waals surface area contributed by atoms with E-state index in [1.54, 1.807) is 0 Å². The van der Waals surface area contributed by atoms with E-state index in [1.165, 1.54) is 33.7 Å². The molecule has 3 aromatic carbocycles. The fraction of sp³-hybridized carbons (Fsp3) is 0. The Morgan fingerprint density at radius 2 is 1.33 bits per heavy atom. The normalized spacial score (nSPS) is 13.9. The lowest BCUT2D eigenvalue weighted by Gasteiger charge is -2.32. The van der Waals surface area contributed by atoms with Crippen LogP contribution in [0.25, 0.3) is 11.1 Å². The summed E-state index contributed by atoms with van der Waals surface area (Å²) in [7, 11) is 0. The summed E-state index contributed by atoms with van der Waals surface area (Å²) in [4.78, 5) is 2.41. The fourth-order valence-electron chi connectivity index (χ4n) is 3.53. The molecule has 0 radical (unpaired) electrons. The third-order valence-electron chi connectivity index (χ3n) is 4.42. The first kappa shape index (κ1) is 11.0. The van der Waals surface area contributed by atoms with Gasteiger partial charge in [-0.3, -0.25) is 0 Å². The summed E-state index contributed by atoms with van der Waals surface area (Å²) in [5.74, 6) is 0. The summed E-state index contributed by atoms with van der Waals surface area (Å²) in [5.41, 5.74) is 7.71. The number of hydrogen-bond donors (Lipinski definition) is 1. The predicted molar refractivity (Wildman–Crippen MR) is 89.5 cm³/mol. The van der Waals surface area contributed by atoms with Gasteiger partial charge in [-0.15, -0.1) is 0 Å². The second-order valence-electron chi connectivity index (χ2n) is 5.54. The maximum absolute atomic E-state index is 3.66. The second kappa shape index (κ2) is 3.92. The second-order valence-corrected chi connectivity index (χ2v) is 5.54. The van der Waals surface area contributed by atoms with Crippen molar-refractivity contribution in [3.8, 4) is 11.1 Å². The molecule has 98 valence electrons. The van der Waals surface area contributed by atoms with E-state index >= 15 is 0 Å². The van der Waals surface area contributed by atoms with E-state index in [0.717, 1.165) is 0 Å². The van der Waals surface area contributed by atoms with Crippen LogP contribution in [0.1, 0.15) is 0 Å². The van der Waals surface area contributed by atoms with Crippen LogP contribution in [0, 0.1) is 0 Å². The van der Waals surface area contributed by atoms with Gasteiger partial charge >= 0.3 is 6.98 Å². The molecule has 3 heteroatoms. The van der Waals surface area contributed by atoms with Gasteiger partial charge in [0.05, 0.1) is 5.69 Å². The molecule has 2 nitrogen and oxygen atoms in total. The number of para-hydroxylation sites is 3. The lowest BCUT2D eigenvalue weighted by molar-refractivity contribution is 1.40. The van der Waals surface area contributed by atoms with Gasteiger partial charge in [-0.25, -0.2) is 0 Å². The van der Waals surface area contributed by atoms with Crippen molar-refractivity contribution in [2.75, 3.05) is 10.0 Å². The van der Waals surface area contributed by atoms with E-state index in [-0.39, 0.29) is 6.98 Å². The predicted octanol–water partition coefficient (Wildman–Crippen LogP) is 3.63. The van der Waals surface area contributed by atoms with E-state index in [4.69, 9.17) is 0 Å². The fourth-order valence-corrected chi connectivity index (χ4v) is 3.53. The molecule has 21 heavy (non-hydrogen) atoms. The number of rotatable bonds is 0. The molecule has 0 fully saturated rings. The van der Waals surface area contributed by atoms with Crippen LogP contribution in [0.4, 0.5) is 17.1 Å². The van der Waals surface area contributed by atoms with Gasteiger partial charge in [0.25, 0.3) is 0 Å². The van der Waals surface area contributed by atoms with Crippen molar-refractivity contribution in [3.63, 3.8) is 0 Å². The number of nitrogens with one attached hydrogen (secondary N) is 1. The number of fused-ring (bicyclic) bond motifs is 8. The van der Waals surface area contributed by atoms with Gasteiger partial charge < -0.3 is 10.0 Å². The number of benzene rings is 3. The van der Waals surface area contributed by atoms with Gasteiger partial charge in [0.1, 0.15) is 0 Å². The highest BCUT2D eigenvalue weighted by molar-refractivity contribution is 6.84. The third kappa shape index (κ3) is 1.38. The molecule has 0 saturated heterocycles. The minimum Gasteiger partial charge on any atom is -0.403 e. The molecule has 1 N–H and O–H groups in total. The highest BCUT2D eigenvalue weighted by Crippen LogP contribution is 2.45. The van der Waals surface area contributed by atoms with Gasteiger partial charge in [-0.2, -0.15) is 0 Å². The summed E-state index contributed by atoms with van der Waals surface area (Å²) in [6.45, 7) is 0.188. The Kier molecular flexibility index (Phi) is 2.06. The molecule has 0 aliphatic carbocycles. The quantitative estimate of drug-likeness (QED) is 0.626. The Hall–Kier alpha value is -2.68. The smallest absolute Gasteiger partial charge is 0.403 e. The zero-order valence-corrected chi connectivity index (χ0v) is 11.5. The van der Waals surface area contributed by atoms with Crippen LogP contribution >= 0.6 is 0 Å². The number of anilines is 3. The molecule has 2 heterocycles. The first-order chi connectivity index (χ1) is 10.4. The van der Waals surface area contributed by atoms with Crippen LogP contribution < -0.4 is 15.5 Å². The summed E-state index contributed by atoms with van der Waals surface area (Å²) in [6, 6.07) is 25.9. The molecule has 0 atom stereocenters. The molecule has 3 aromatic rings. The molecule has 5 rings (SSSR count). The maximum atomic E-state index is 3.66. The minimum atomic E-state index is 0.188. The highest BCUT2D eigenvalue weighted by atomic mass is 15.2. The van der Waals surface area contributed by atoms with Crippen LogP contribution in [0.5, 0.6) is 0 Å². The van der Waals surface area contributed by atoms with Gasteiger partial charge in [-0.05, 0) is 29.2 Å². The van der Waals surface area contributed by atoms with E-state index < -0.39 is 0 Å². The SMILES string of the molecule is c1ccc2c(c1)NB1c3ccccc3-c3ccccc3N12. The monoisotopic (exact) mass is 268 g/mol. The van der Waals surface area contributed by atoms with Gasteiger partial charge in [0.15, 0.2) is 0 Å². The van der Waals surface area contributed by atoms with Crippen LogP contribution in [-0.2, 0) is 0 Å². The molecular formula is C18H13BN2. The Morgan fingerprint density at radius 1 is 0.667 bits per heavy atom. The molecule has 0 spiro atoms. The number of hydrogen-bond acceptors (Lipinski definition) is 2. The van der Waals surface area contributed by atoms with E-state index in [2.05, 4.69) is 82.8 Å². The molecule has 0 aromatic heterocycles.